The van der Waals surface area contributed by atoms with Crippen LogP contribution in [0.5, 0.6) is 0 Å². The van der Waals surface area contributed by atoms with E-state index < -0.39 is 5.97 Å². The molecule has 0 aromatic carbocycles. The quantitative estimate of drug-likeness (QED) is 0.839. The zero-order chi connectivity index (χ0) is 10.7. The Hall–Kier alpha value is -1.37. The molecule has 0 saturated carbocycles. The van der Waals surface area contributed by atoms with Gasteiger partial charge in [0, 0.05) is 6.92 Å². The van der Waals surface area contributed by atoms with Crippen molar-refractivity contribution in [3.05, 3.63) is 10.7 Å². The molecule has 1 heterocycles. The van der Waals surface area contributed by atoms with Crippen molar-refractivity contribution in [1.29, 1.82) is 0 Å². The number of carbonyl (C=O) groups excluding carboxylic acids is 1. The molecule has 6 nitrogen and oxygen atoms in total. The smallest absolute Gasteiger partial charge is 0.325 e. The zero-order valence-electron chi connectivity index (χ0n) is 7.32. The number of nitrogens with zero attached hydrogens (tertiary/aromatic N) is 2. The second-order valence-electron chi connectivity index (χ2n) is 2.57. The average molecular weight is 262 g/mol. The van der Waals surface area contributed by atoms with Crippen LogP contribution in [0.2, 0.25) is 0 Å². The fourth-order valence-electron chi connectivity index (χ4n) is 0.902. The lowest BCUT2D eigenvalue weighted by atomic mass is 10.5. The molecule has 0 bridgehead atoms. The van der Waals surface area contributed by atoms with Gasteiger partial charge in [0.25, 0.3) is 0 Å². The maximum absolute atomic E-state index is 10.8. The van der Waals surface area contributed by atoms with Crippen LogP contribution in [0, 0.1) is 0 Å². The Labute approximate surface area is 88.0 Å². The first-order chi connectivity index (χ1) is 6.50. The molecule has 14 heavy (non-hydrogen) atoms. The molecule has 0 fully saturated rings. The summed E-state index contributed by atoms with van der Waals surface area (Å²) < 4.78 is 1.74. The number of aliphatic carboxylic acids is 1. The van der Waals surface area contributed by atoms with Gasteiger partial charge in [-0.15, -0.1) is 0 Å². The van der Waals surface area contributed by atoms with Crippen molar-refractivity contribution < 1.29 is 14.7 Å². The maximum atomic E-state index is 10.8. The van der Waals surface area contributed by atoms with Crippen molar-refractivity contribution in [2.24, 2.45) is 0 Å². The number of amides is 1. The molecule has 0 radical (unpaired) electrons. The molecular weight excluding hydrogens is 254 g/mol. The number of carboxylic acids is 1. The fourth-order valence-corrected chi connectivity index (χ4v) is 1.30. The van der Waals surface area contributed by atoms with Gasteiger partial charge in [0.15, 0.2) is 0 Å². The number of hydrogen-bond donors (Lipinski definition) is 2. The first-order valence-electron chi connectivity index (χ1n) is 3.71. The zero-order valence-corrected chi connectivity index (χ0v) is 8.91. The monoisotopic (exact) mass is 261 g/mol. The van der Waals surface area contributed by atoms with Gasteiger partial charge in [-0.25, -0.2) is 4.68 Å². The molecule has 0 aliphatic heterocycles. The number of rotatable bonds is 3. The number of anilines is 1. The highest BCUT2D eigenvalue weighted by atomic mass is 79.9. The Morgan fingerprint density at radius 3 is 2.86 bits per heavy atom. The molecule has 1 aromatic rings. The third-order valence-electron chi connectivity index (χ3n) is 1.37. The number of carbonyl (C=O) groups is 2. The molecule has 76 valence electrons. The third kappa shape index (κ3) is 2.56. The first-order valence-corrected chi connectivity index (χ1v) is 4.50. The van der Waals surface area contributed by atoms with Crippen molar-refractivity contribution >= 4 is 33.6 Å². The van der Waals surface area contributed by atoms with Gasteiger partial charge < -0.3 is 10.4 Å². The summed E-state index contributed by atoms with van der Waals surface area (Å²) in [5.74, 6) is -0.954. The fraction of sp³-hybridized carbons (Fsp3) is 0.286. The largest absolute Gasteiger partial charge is 0.480 e. The lowest BCUT2D eigenvalue weighted by Gasteiger charge is -2.05. The summed E-state index contributed by atoms with van der Waals surface area (Å²) in [5, 5.41) is 14.8. The van der Waals surface area contributed by atoms with Gasteiger partial charge in [-0.05, 0) is 15.9 Å². The van der Waals surface area contributed by atoms with E-state index in [1.807, 2.05) is 0 Å². The van der Waals surface area contributed by atoms with Crippen molar-refractivity contribution in [3.63, 3.8) is 0 Å². The number of carboxylic acid groups (broad SMARTS) is 1. The van der Waals surface area contributed by atoms with Crippen molar-refractivity contribution in [3.8, 4) is 0 Å². The Balaban J connectivity index is 2.93. The normalized spacial score (nSPS) is 9.86. The van der Waals surface area contributed by atoms with Gasteiger partial charge >= 0.3 is 5.97 Å². The Morgan fingerprint density at radius 1 is 1.71 bits per heavy atom. The molecule has 0 unspecified atom stereocenters. The Morgan fingerprint density at radius 2 is 2.36 bits per heavy atom. The standard InChI is InChI=1S/C7H8BrN3O3/c1-4(12)10-7-5(8)2-9-11(7)3-6(13)14/h2H,3H2,1H3,(H,10,12)(H,13,14). The van der Waals surface area contributed by atoms with Crippen molar-refractivity contribution in [1.82, 2.24) is 9.78 Å². The average Bonchev–Trinajstić information content (AvgIpc) is 2.34. The molecule has 1 aromatic heterocycles. The summed E-state index contributed by atoms with van der Waals surface area (Å²) in [6, 6.07) is 0. The van der Waals surface area contributed by atoms with Crippen LogP contribution >= 0.6 is 15.9 Å². The summed E-state index contributed by atoms with van der Waals surface area (Å²) in [4.78, 5) is 21.2. The molecule has 2 N–H and O–H groups in total. The van der Waals surface area contributed by atoms with E-state index in [1.165, 1.54) is 17.8 Å². The molecule has 7 heteroatoms. The predicted octanol–water partition coefficient (Wildman–Crippen LogP) is 0.689. The van der Waals surface area contributed by atoms with E-state index in [0.717, 1.165) is 0 Å². The van der Waals surface area contributed by atoms with E-state index in [-0.39, 0.29) is 12.5 Å². The Kier molecular flexibility index (Phi) is 3.23. The van der Waals surface area contributed by atoms with Crippen LogP contribution in [0.4, 0.5) is 5.82 Å². The number of nitrogens with one attached hydrogen (secondary N) is 1. The summed E-state index contributed by atoms with van der Waals surface area (Å²) in [5.41, 5.74) is 0. The van der Waals surface area contributed by atoms with E-state index in [1.54, 1.807) is 0 Å². The second-order valence-corrected chi connectivity index (χ2v) is 3.43. The van der Waals surface area contributed by atoms with E-state index in [4.69, 9.17) is 5.11 Å². The van der Waals surface area contributed by atoms with Gasteiger partial charge in [-0.2, -0.15) is 5.10 Å². The van der Waals surface area contributed by atoms with Gasteiger partial charge in [-0.3, -0.25) is 9.59 Å². The van der Waals surface area contributed by atoms with Crippen LogP contribution in [-0.2, 0) is 16.1 Å². The van der Waals surface area contributed by atoms with Crippen LogP contribution in [0.1, 0.15) is 6.92 Å². The van der Waals surface area contributed by atoms with E-state index in [2.05, 4.69) is 26.3 Å². The van der Waals surface area contributed by atoms with E-state index in [9.17, 15) is 9.59 Å². The van der Waals surface area contributed by atoms with Crippen molar-refractivity contribution in [2.45, 2.75) is 13.5 Å². The summed E-state index contributed by atoms with van der Waals surface area (Å²) in [7, 11) is 0. The van der Waals surface area contributed by atoms with E-state index >= 15 is 0 Å². The second kappa shape index (κ2) is 4.23. The minimum absolute atomic E-state index is 0.280. The molecule has 0 saturated heterocycles. The minimum Gasteiger partial charge on any atom is -0.480 e. The van der Waals surface area contributed by atoms with Crippen LogP contribution < -0.4 is 5.32 Å². The van der Waals surface area contributed by atoms with Gasteiger partial charge in [-0.1, -0.05) is 0 Å². The molecule has 0 aliphatic carbocycles. The lowest BCUT2D eigenvalue weighted by molar-refractivity contribution is -0.137. The number of halogens is 1. The van der Waals surface area contributed by atoms with Crippen LogP contribution in [0.25, 0.3) is 0 Å². The molecule has 1 rings (SSSR count). The highest BCUT2D eigenvalue weighted by Gasteiger charge is 2.11. The lowest BCUT2D eigenvalue weighted by Crippen LogP contribution is -2.16. The Bertz CT molecular complexity index is 374. The molecule has 0 spiro atoms. The minimum atomic E-state index is -1.02. The van der Waals surface area contributed by atoms with E-state index in [0.29, 0.717) is 10.3 Å². The van der Waals surface area contributed by atoms with Crippen LogP contribution in [0.15, 0.2) is 10.7 Å². The molecule has 0 atom stereocenters. The van der Waals surface area contributed by atoms with Crippen molar-refractivity contribution in [2.75, 3.05) is 5.32 Å². The summed E-state index contributed by atoms with van der Waals surface area (Å²) in [6.45, 7) is 1.05. The highest BCUT2D eigenvalue weighted by Crippen LogP contribution is 2.21. The molecule has 0 aliphatic rings. The highest BCUT2D eigenvalue weighted by molar-refractivity contribution is 9.10. The number of aromatic nitrogens is 2. The maximum Gasteiger partial charge on any atom is 0.325 e. The van der Waals surface area contributed by atoms with Gasteiger partial charge in [0.05, 0.1) is 10.7 Å². The van der Waals surface area contributed by atoms with Crippen LogP contribution in [0.3, 0.4) is 0 Å². The summed E-state index contributed by atoms with van der Waals surface area (Å²) >= 11 is 3.14. The first kappa shape index (κ1) is 10.7. The topological polar surface area (TPSA) is 84.2 Å². The van der Waals surface area contributed by atoms with Gasteiger partial charge in [0.1, 0.15) is 12.4 Å². The SMILES string of the molecule is CC(=O)Nc1c(Br)cnn1CC(=O)O. The van der Waals surface area contributed by atoms with Gasteiger partial charge in [0.2, 0.25) is 5.91 Å². The molecule has 1 amide bonds. The molecular formula is C7H8BrN3O3. The third-order valence-corrected chi connectivity index (χ3v) is 1.95. The summed E-state index contributed by atoms with van der Waals surface area (Å²) in [6.07, 6.45) is 1.42. The predicted molar refractivity (Wildman–Crippen MR) is 51.9 cm³/mol. The number of hydrogen-bond acceptors (Lipinski definition) is 3. The van der Waals surface area contributed by atoms with Crippen LogP contribution in [-0.4, -0.2) is 26.8 Å².